The Morgan fingerprint density at radius 2 is 0.982 bits per heavy atom. The summed E-state index contributed by atoms with van der Waals surface area (Å²) in [7, 11) is 0. The van der Waals surface area contributed by atoms with Crippen LogP contribution in [-0.4, -0.2) is 25.4 Å². The Kier molecular flexibility index (Phi) is 17.2. The minimum absolute atomic E-state index is 0.420. The Labute approximate surface area is 327 Å². The van der Waals surface area contributed by atoms with E-state index < -0.39 is 5.97 Å². The number of benzene rings is 5. The number of rotatable bonds is 23. The van der Waals surface area contributed by atoms with Gasteiger partial charge in [0, 0.05) is 6.21 Å². The summed E-state index contributed by atoms with van der Waals surface area (Å²) >= 11 is 0. The highest BCUT2D eigenvalue weighted by atomic mass is 16.5. The first-order chi connectivity index (χ1) is 27.1. The molecule has 0 aliphatic heterocycles. The molecule has 286 valence electrons. The molecule has 55 heavy (non-hydrogen) atoms. The Bertz CT molecular complexity index is 1900. The number of hydrogen-bond donors (Lipinski definition) is 0. The molecule has 0 radical (unpaired) electrons. The molecular formula is C48H55N3O4. The Balaban J connectivity index is 1.05. The summed E-state index contributed by atoms with van der Waals surface area (Å²) in [6.07, 6.45) is 16.7. The summed E-state index contributed by atoms with van der Waals surface area (Å²) in [5.41, 5.74) is 5.62. The lowest BCUT2D eigenvalue weighted by Gasteiger charge is -2.08. The average Bonchev–Trinajstić information content (AvgIpc) is 3.23. The molecular weight excluding hydrogens is 683 g/mol. The van der Waals surface area contributed by atoms with E-state index in [2.05, 4.69) is 29.1 Å². The first kappa shape index (κ1) is 40.6. The van der Waals surface area contributed by atoms with Crippen LogP contribution in [0, 0.1) is 0 Å². The van der Waals surface area contributed by atoms with E-state index in [4.69, 9.17) is 14.2 Å². The van der Waals surface area contributed by atoms with Crippen molar-refractivity contribution in [1.29, 1.82) is 0 Å². The van der Waals surface area contributed by atoms with Crippen molar-refractivity contribution in [2.24, 2.45) is 15.2 Å². The highest BCUT2D eigenvalue weighted by Crippen LogP contribution is 2.26. The maximum atomic E-state index is 13.0. The van der Waals surface area contributed by atoms with Gasteiger partial charge in [-0.15, -0.1) is 0 Å². The number of hydrogen-bond acceptors (Lipinski definition) is 7. The molecule has 0 aromatic heterocycles. The fraction of sp³-hybridized carbons (Fsp3) is 0.333. The van der Waals surface area contributed by atoms with Crippen molar-refractivity contribution in [2.75, 3.05) is 13.2 Å². The van der Waals surface area contributed by atoms with Crippen LogP contribution in [0.25, 0.3) is 11.1 Å². The van der Waals surface area contributed by atoms with Gasteiger partial charge in [-0.2, -0.15) is 10.2 Å². The van der Waals surface area contributed by atoms with Crippen LogP contribution in [0.3, 0.4) is 0 Å². The predicted molar refractivity (Wildman–Crippen MR) is 225 cm³/mol. The molecule has 0 amide bonds. The monoisotopic (exact) mass is 737 g/mol. The Morgan fingerprint density at radius 1 is 0.509 bits per heavy atom. The van der Waals surface area contributed by atoms with Crippen LogP contribution in [-0.2, 0) is 0 Å². The van der Waals surface area contributed by atoms with E-state index in [-0.39, 0.29) is 0 Å². The largest absolute Gasteiger partial charge is 0.494 e. The second kappa shape index (κ2) is 23.3. The predicted octanol–water partition coefficient (Wildman–Crippen LogP) is 14.2. The second-order valence-electron chi connectivity index (χ2n) is 13.8. The fourth-order valence-electron chi connectivity index (χ4n) is 5.99. The highest BCUT2D eigenvalue weighted by molar-refractivity contribution is 5.92. The van der Waals surface area contributed by atoms with E-state index in [0.29, 0.717) is 11.3 Å². The lowest BCUT2D eigenvalue weighted by molar-refractivity contribution is 0.0734. The third kappa shape index (κ3) is 14.7. The summed E-state index contributed by atoms with van der Waals surface area (Å²) in [6.45, 7) is 5.95. The van der Waals surface area contributed by atoms with Crippen molar-refractivity contribution in [3.63, 3.8) is 0 Å². The van der Waals surface area contributed by atoms with E-state index in [1.54, 1.807) is 30.5 Å². The number of unbranched alkanes of at least 4 members (excludes halogenated alkanes) is 10. The molecule has 5 aromatic rings. The molecule has 0 aliphatic carbocycles. The first-order valence-corrected chi connectivity index (χ1v) is 20.0. The molecule has 5 rings (SSSR count). The van der Waals surface area contributed by atoms with E-state index in [9.17, 15) is 4.79 Å². The zero-order chi connectivity index (χ0) is 38.3. The first-order valence-electron chi connectivity index (χ1n) is 20.0. The summed E-state index contributed by atoms with van der Waals surface area (Å²) < 4.78 is 17.5. The number of ether oxygens (including phenoxy) is 3. The van der Waals surface area contributed by atoms with Gasteiger partial charge in [0.15, 0.2) is 0 Å². The zero-order valence-electron chi connectivity index (χ0n) is 32.5. The van der Waals surface area contributed by atoms with Gasteiger partial charge in [-0.25, -0.2) is 4.79 Å². The lowest BCUT2D eigenvalue weighted by atomic mass is 10.0. The van der Waals surface area contributed by atoms with E-state index in [0.717, 1.165) is 71.3 Å². The van der Waals surface area contributed by atoms with Gasteiger partial charge >= 0.3 is 5.97 Å². The van der Waals surface area contributed by atoms with Gasteiger partial charge in [-0.05, 0) is 114 Å². The van der Waals surface area contributed by atoms with Crippen molar-refractivity contribution in [1.82, 2.24) is 0 Å². The van der Waals surface area contributed by atoms with Crippen LogP contribution in [0.5, 0.6) is 17.2 Å². The normalized spacial score (nSPS) is 11.3. The van der Waals surface area contributed by atoms with Crippen LogP contribution in [0.2, 0.25) is 0 Å². The molecule has 0 saturated heterocycles. The number of nitrogens with zero attached hydrogens (tertiary/aromatic N) is 3. The highest BCUT2D eigenvalue weighted by Gasteiger charge is 2.10. The molecule has 5 aromatic carbocycles. The van der Waals surface area contributed by atoms with Crippen LogP contribution >= 0.6 is 0 Å². The van der Waals surface area contributed by atoms with Gasteiger partial charge in [0.2, 0.25) is 0 Å². The third-order valence-electron chi connectivity index (χ3n) is 9.24. The molecule has 0 aliphatic rings. The van der Waals surface area contributed by atoms with Gasteiger partial charge in [0.05, 0.1) is 35.8 Å². The van der Waals surface area contributed by atoms with E-state index in [1.165, 1.54) is 64.2 Å². The minimum atomic E-state index is -0.420. The molecule has 0 saturated carbocycles. The maximum absolute atomic E-state index is 13.0. The molecule has 0 heterocycles. The topological polar surface area (TPSA) is 81.8 Å². The average molecular weight is 738 g/mol. The summed E-state index contributed by atoms with van der Waals surface area (Å²) in [6, 6.07) is 38.1. The smallest absolute Gasteiger partial charge is 0.343 e. The van der Waals surface area contributed by atoms with Gasteiger partial charge in [0.25, 0.3) is 0 Å². The molecule has 0 spiro atoms. The molecule has 7 nitrogen and oxygen atoms in total. The Morgan fingerprint density at radius 3 is 1.55 bits per heavy atom. The van der Waals surface area contributed by atoms with Crippen molar-refractivity contribution in [2.45, 2.75) is 90.9 Å². The van der Waals surface area contributed by atoms with Crippen LogP contribution < -0.4 is 14.2 Å². The SMILES string of the molecule is CCCCCCCCOc1ccc(N=Nc2ccc(N=Cc3cccc(OC(=O)c4ccc(-c5ccc(OCCCCCCCC)cc5)cc4)c3)cc2)cc1. The number of carbonyl (C=O) groups excluding carboxylic acids is 1. The number of aliphatic imine (C=N–C) groups is 1. The summed E-state index contributed by atoms with van der Waals surface area (Å²) in [5.74, 6) is 1.76. The Hall–Kier alpha value is -5.56. The molecule has 0 unspecified atom stereocenters. The standard InChI is InChI=1S/C48H55N3O4/c1-3-5-7-9-11-13-34-53-45-30-22-40(23-31-45)39-18-20-41(21-19-39)48(52)55-47-17-15-16-38(36-47)37-49-42-24-26-43(27-25-42)50-51-44-28-32-46(33-29-44)54-35-14-12-10-8-6-4-2/h15-33,36-37H,3-14,34-35H2,1-2H3. The minimum Gasteiger partial charge on any atom is -0.494 e. The molecule has 0 bridgehead atoms. The summed E-state index contributed by atoms with van der Waals surface area (Å²) in [4.78, 5) is 17.6. The number of azo groups is 1. The number of esters is 1. The number of carbonyl (C=O) groups is 1. The third-order valence-corrected chi connectivity index (χ3v) is 9.24. The van der Waals surface area contributed by atoms with Crippen molar-refractivity contribution >= 4 is 29.2 Å². The van der Waals surface area contributed by atoms with Crippen LogP contribution in [0.15, 0.2) is 137 Å². The van der Waals surface area contributed by atoms with Crippen LogP contribution in [0.1, 0.15) is 107 Å². The lowest BCUT2D eigenvalue weighted by Crippen LogP contribution is -2.08. The van der Waals surface area contributed by atoms with Gasteiger partial charge < -0.3 is 14.2 Å². The quantitative estimate of drug-likeness (QED) is 0.0220. The molecule has 7 heteroatoms. The molecule has 0 N–H and O–H groups in total. The maximum Gasteiger partial charge on any atom is 0.343 e. The van der Waals surface area contributed by atoms with Gasteiger partial charge in [0.1, 0.15) is 17.2 Å². The van der Waals surface area contributed by atoms with Gasteiger partial charge in [-0.3, -0.25) is 4.99 Å². The van der Waals surface area contributed by atoms with Crippen molar-refractivity contribution in [3.8, 4) is 28.4 Å². The summed E-state index contributed by atoms with van der Waals surface area (Å²) in [5, 5.41) is 8.72. The van der Waals surface area contributed by atoms with Crippen molar-refractivity contribution < 1.29 is 19.0 Å². The van der Waals surface area contributed by atoms with E-state index >= 15 is 0 Å². The molecule has 0 fully saturated rings. The van der Waals surface area contributed by atoms with Crippen molar-refractivity contribution in [3.05, 3.63) is 132 Å². The van der Waals surface area contributed by atoms with Gasteiger partial charge in [-0.1, -0.05) is 114 Å². The van der Waals surface area contributed by atoms with E-state index in [1.807, 2.05) is 97.1 Å². The van der Waals surface area contributed by atoms with Crippen LogP contribution in [0.4, 0.5) is 17.1 Å². The zero-order valence-corrected chi connectivity index (χ0v) is 32.5. The fourth-order valence-corrected chi connectivity index (χ4v) is 5.99. The second-order valence-corrected chi connectivity index (χ2v) is 13.8. The molecule has 0 atom stereocenters.